The lowest BCUT2D eigenvalue weighted by molar-refractivity contribution is -0.139. The van der Waals surface area contributed by atoms with Crippen LogP contribution in [-0.4, -0.2) is 52.4 Å². The van der Waals surface area contributed by atoms with Crippen LogP contribution in [0.25, 0.3) is 0 Å². The van der Waals surface area contributed by atoms with Gasteiger partial charge in [-0.15, -0.1) is 0 Å². The van der Waals surface area contributed by atoms with Crippen LogP contribution in [0.15, 0.2) is 53.5 Å². The Hall–Kier alpha value is -4.48. The summed E-state index contributed by atoms with van der Waals surface area (Å²) >= 11 is 0. The molecule has 0 spiro atoms. The average Bonchev–Trinajstić information content (AvgIpc) is 3.45. The molecule has 0 unspecified atom stereocenters. The lowest BCUT2D eigenvalue weighted by atomic mass is 9.84. The van der Waals surface area contributed by atoms with Crippen LogP contribution in [-0.2, 0) is 30.5 Å². The molecule has 12 nitrogen and oxygen atoms in total. The van der Waals surface area contributed by atoms with Gasteiger partial charge in [0, 0.05) is 31.7 Å². The first kappa shape index (κ1) is 34.4. The van der Waals surface area contributed by atoms with E-state index in [9.17, 15) is 28.8 Å². The van der Waals surface area contributed by atoms with Crippen LogP contribution >= 0.6 is 0 Å². The molecular formula is C34H45N5O7. The van der Waals surface area contributed by atoms with Crippen molar-refractivity contribution >= 4 is 35.3 Å². The minimum absolute atomic E-state index is 0.0461. The van der Waals surface area contributed by atoms with Crippen molar-refractivity contribution in [3.05, 3.63) is 64.6 Å². The Morgan fingerprint density at radius 3 is 2.35 bits per heavy atom. The number of benzene rings is 1. The summed E-state index contributed by atoms with van der Waals surface area (Å²) < 4.78 is 6.59. The minimum atomic E-state index is -0.982. The van der Waals surface area contributed by atoms with Crippen molar-refractivity contribution in [1.82, 2.24) is 20.5 Å². The molecule has 2 heterocycles. The molecule has 1 aliphatic heterocycles. The SMILES string of the molecule is CC(C)(C)OC(=O)Nc1cccn([C@@H](CC2CCCCC2)C(=O)N[C@@H](CC(=O)C(=O)NCc2ccccc2)[C@@H]2CCNC2=O)c1=O. The summed E-state index contributed by atoms with van der Waals surface area (Å²) in [7, 11) is 0. The highest BCUT2D eigenvalue weighted by atomic mass is 16.6. The van der Waals surface area contributed by atoms with E-state index in [-0.39, 0.29) is 30.5 Å². The van der Waals surface area contributed by atoms with E-state index in [4.69, 9.17) is 4.74 Å². The Balaban J connectivity index is 1.56. The second-order valence-corrected chi connectivity index (χ2v) is 13.1. The van der Waals surface area contributed by atoms with Crippen LogP contribution in [0, 0.1) is 11.8 Å². The molecule has 4 rings (SSSR count). The number of carbonyl (C=O) groups excluding carboxylic acids is 5. The van der Waals surface area contributed by atoms with Crippen molar-refractivity contribution in [1.29, 1.82) is 0 Å². The van der Waals surface area contributed by atoms with Crippen molar-refractivity contribution in [2.45, 2.75) is 96.4 Å². The number of anilines is 1. The fraction of sp³-hybridized carbons (Fsp3) is 0.529. The minimum Gasteiger partial charge on any atom is -0.444 e. The number of ether oxygens (including phenoxy) is 1. The molecule has 1 aliphatic carbocycles. The van der Waals surface area contributed by atoms with Crippen LogP contribution in [0.5, 0.6) is 0 Å². The maximum atomic E-state index is 14.1. The van der Waals surface area contributed by atoms with Crippen LogP contribution in [0.4, 0.5) is 10.5 Å². The monoisotopic (exact) mass is 635 g/mol. The van der Waals surface area contributed by atoms with Crippen molar-refractivity contribution < 1.29 is 28.7 Å². The van der Waals surface area contributed by atoms with Crippen molar-refractivity contribution in [2.24, 2.45) is 11.8 Å². The summed E-state index contributed by atoms with van der Waals surface area (Å²) in [5.74, 6) is -2.96. The van der Waals surface area contributed by atoms with Gasteiger partial charge in [-0.2, -0.15) is 0 Å². The van der Waals surface area contributed by atoms with Crippen LogP contribution < -0.4 is 26.8 Å². The predicted molar refractivity (Wildman–Crippen MR) is 172 cm³/mol. The van der Waals surface area contributed by atoms with Gasteiger partial charge in [0.15, 0.2) is 0 Å². The number of amides is 4. The molecule has 4 amide bonds. The van der Waals surface area contributed by atoms with Gasteiger partial charge in [0.1, 0.15) is 17.3 Å². The molecule has 248 valence electrons. The number of nitrogens with zero attached hydrogens (tertiary/aromatic N) is 1. The van der Waals surface area contributed by atoms with Gasteiger partial charge < -0.3 is 25.3 Å². The first-order valence-corrected chi connectivity index (χ1v) is 16.1. The van der Waals surface area contributed by atoms with Gasteiger partial charge in [0.2, 0.25) is 17.6 Å². The molecule has 1 saturated heterocycles. The number of hydrogen-bond donors (Lipinski definition) is 4. The van der Waals surface area contributed by atoms with Gasteiger partial charge in [-0.05, 0) is 57.2 Å². The molecule has 0 bridgehead atoms. The topological polar surface area (TPSA) is 165 Å². The van der Waals surface area contributed by atoms with Crippen molar-refractivity contribution in [3.8, 4) is 0 Å². The Morgan fingerprint density at radius 1 is 0.978 bits per heavy atom. The van der Waals surface area contributed by atoms with Crippen molar-refractivity contribution in [3.63, 3.8) is 0 Å². The molecule has 2 aliphatic rings. The zero-order chi connectivity index (χ0) is 33.3. The number of pyridine rings is 1. The zero-order valence-electron chi connectivity index (χ0n) is 26.8. The standard InChI is InChI=1S/C34H45N5O7/c1-34(2,3)46-33(45)38-25-15-10-18-39(32(25)44)27(19-22-11-6-4-7-12-22)30(42)37-26(24-16-17-35-29(24)41)20-28(40)31(43)36-21-23-13-8-5-9-14-23/h5,8-10,13-15,18,22,24,26-27H,4,6-7,11-12,16-17,19-21H2,1-3H3,(H,35,41)(H,36,43)(H,37,42)(H,38,45)/t24-,26-,27-/m0/s1. The smallest absolute Gasteiger partial charge is 0.412 e. The van der Waals surface area contributed by atoms with E-state index in [1.165, 1.54) is 16.8 Å². The quantitative estimate of drug-likeness (QED) is 0.259. The fourth-order valence-corrected chi connectivity index (χ4v) is 6.09. The molecule has 1 aromatic carbocycles. The number of hydrogen-bond acceptors (Lipinski definition) is 7. The van der Waals surface area contributed by atoms with Gasteiger partial charge in [0.05, 0.1) is 5.92 Å². The molecule has 2 aromatic rings. The van der Waals surface area contributed by atoms with Gasteiger partial charge >= 0.3 is 6.09 Å². The van der Waals surface area contributed by atoms with Gasteiger partial charge in [-0.3, -0.25) is 29.3 Å². The molecule has 12 heteroatoms. The van der Waals surface area contributed by atoms with E-state index in [0.717, 1.165) is 37.7 Å². The number of nitrogens with one attached hydrogen (secondary N) is 4. The normalized spacial score (nSPS) is 18.2. The molecule has 2 fully saturated rings. The van der Waals surface area contributed by atoms with Crippen molar-refractivity contribution in [2.75, 3.05) is 11.9 Å². The summed E-state index contributed by atoms with van der Waals surface area (Å²) in [4.78, 5) is 78.8. The Labute approximate surface area is 269 Å². The first-order valence-electron chi connectivity index (χ1n) is 16.1. The summed E-state index contributed by atoms with van der Waals surface area (Å²) in [6.07, 6.45) is 6.01. The maximum Gasteiger partial charge on any atom is 0.412 e. The van der Waals surface area contributed by atoms with E-state index < -0.39 is 52.9 Å². The Kier molecular flexibility index (Phi) is 11.7. The molecule has 0 radical (unpaired) electrons. The van der Waals surface area contributed by atoms with Crippen LogP contribution in [0.1, 0.15) is 83.7 Å². The third-order valence-corrected chi connectivity index (χ3v) is 8.39. The average molecular weight is 636 g/mol. The number of rotatable bonds is 12. The second kappa shape index (κ2) is 15.7. The highest BCUT2D eigenvalue weighted by Gasteiger charge is 2.38. The van der Waals surface area contributed by atoms with Gasteiger partial charge in [-0.1, -0.05) is 62.4 Å². The summed E-state index contributed by atoms with van der Waals surface area (Å²) in [5.41, 5.74) is -0.590. The number of ketones is 1. The Morgan fingerprint density at radius 2 is 1.70 bits per heavy atom. The zero-order valence-corrected chi connectivity index (χ0v) is 26.8. The van der Waals surface area contributed by atoms with Crippen LogP contribution in [0.3, 0.4) is 0 Å². The van der Waals surface area contributed by atoms with Gasteiger partial charge in [-0.25, -0.2) is 4.79 Å². The lowest BCUT2D eigenvalue weighted by Crippen LogP contribution is -2.49. The molecule has 3 atom stereocenters. The predicted octanol–water partition coefficient (Wildman–Crippen LogP) is 3.60. The first-order chi connectivity index (χ1) is 21.9. The van der Waals surface area contributed by atoms with E-state index in [0.29, 0.717) is 19.4 Å². The maximum absolute atomic E-state index is 14.1. The fourth-order valence-electron chi connectivity index (χ4n) is 6.09. The van der Waals surface area contributed by atoms with Gasteiger partial charge in [0.25, 0.3) is 11.5 Å². The van der Waals surface area contributed by atoms with E-state index in [2.05, 4.69) is 21.3 Å². The molecule has 1 saturated carbocycles. The Bertz CT molecular complexity index is 1460. The summed E-state index contributed by atoms with van der Waals surface area (Å²) in [6.45, 7) is 5.66. The van der Waals surface area contributed by atoms with Crippen LogP contribution in [0.2, 0.25) is 0 Å². The lowest BCUT2D eigenvalue weighted by Gasteiger charge is -2.30. The highest BCUT2D eigenvalue weighted by Crippen LogP contribution is 2.31. The molecular weight excluding hydrogens is 590 g/mol. The third kappa shape index (κ3) is 9.76. The van der Waals surface area contributed by atoms with E-state index in [1.807, 2.05) is 30.3 Å². The molecule has 1 aromatic heterocycles. The molecule has 46 heavy (non-hydrogen) atoms. The largest absolute Gasteiger partial charge is 0.444 e. The highest BCUT2D eigenvalue weighted by molar-refractivity contribution is 6.36. The second-order valence-electron chi connectivity index (χ2n) is 13.1. The third-order valence-electron chi connectivity index (χ3n) is 8.39. The number of aromatic nitrogens is 1. The van der Waals surface area contributed by atoms with E-state index in [1.54, 1.807) is 26.8 Å². The summed E-state index contributed by atoms with van der Waals surface area (Å²) in [5, 5.41) is 10.7. The summed E-state index contributed by atoms with van der Waals surface area (Å²) in [6, 6.07) is 10.2. The molecule has 4 N–H and O–H groups in total. The van der Waals surface area contributed by atoms with E-state index >= 15 is 0 Å². The number of carbonyl (C=O) groups is 5. The number of Topliss-reactive ketones (excluding diaryl/α,β-unsaturated/α-hetero) is 1.